The zero-order valence-electron chi connectivity index (χ0n) is 10.2. The lowest BCUT2D eigenvalue weighted by Crippen LogP contribution is -2.37. The lowest BCUT2D eigenvalue weighted by molar-refractivity contribution is -0.153. The fourth-order valence-electron chi connectivity index (χ4n) is 2.11. The van der Waals surface area contributed by atoms with Gasteiger partial charge in [-0.25, -0.2) is 0 Å². The van der Waals surface area contributed by atoms with Gasteiger partial charge in [-0.1, -0.05) is 13.8 Å². The van der Waals surface area contributed by atoms with E-state index in [1.54, 1.807) is 0 Å². The average molecular weight is 229 g/mol. The van der Waals surface area contributed by atoms with Crippen molar-refractivity contribution in [2.75, 3.05) is 6.61 Å². The van der Waals surface area contributed by atoms with E-state index < -0.39 is 6.04 Å². The summed E-state index contributed by atoms with van der Waals surface area (Å²) in [5.74, 6) is 0.933. The molecular formula is C12H23NO3. The number of carbonyl (C=O) groups excluding carboxylic acids is 1. The number of nitrogens with two attached hydrogens (primary N) is 1. The monoisotopic (exact) mass is 229 g/mol. The minimum atomic E-state index is -0.681. The van der Waals surface area contributed by atoms with Gasteiger partial charge in [-0.05, 0) is 37.5 Å². The Morgan fingerprint density at radius 3 is 2.69 bits per heavy atom. The standard InChI is InChI=1S/C12H23NO3/c1-8-3-4-10(7-9(8)2)16-12(15)11(13)5-6-14/h8-11,14H,3-7,13H2,1-2H3. The van der Waals surface area contributed by atoms with Crippen molar-refractivity contribution in [3.63, 3.8) is 0 Å². The van der Waals surface area contributed by atoms with E-state index in [-0.39, 0.29) is 25.1 Å². The van der Waals surface area contributed by atoms with Crippen molar-refractivity contribution in [2.45, 2.75) is 51.7 Å². The molecule has 0 heterocycles. The number of hydrogen-bond acceptors (Lipinski definition) is 4. The van der Waals surface area contributed by atoms with Crippen LogP contribution in [-0.4, -0.2) is 29.8 Å². The van der Waals surface area contributed by atoms with Crippen LogP contribution in [-0.2, 0) is 9.53 Å². The average Bonchev–Trinajstić information content (AvgIpc) is 2.24. The van der Waals surface area contributed by atoms with Crippen molar-refractivity contribution in [3.05, 3.63) is 0 Å². The first-order valence-electron chi connectivity index (χ1n) is 6.11. The number of ether oxygens (including phenoxy) is 1. The molecular weight excluding hydrogens is 206 g/mol. The molecule has 16 heavy (non-hydrogen) atoms. The topological polar surface area (TPSA) is 72.5 Å². The second kappa shape index (κ2) is 6.21. The fourth-order valence-corrected chi connectivity index (χ4v) is 2.11. The van der Waals surface area contributed by atoms with E-state index in [9.17, 15) is 4.79 Å². The van der Waals surface area contributed by atoms with Crippen molar-refractivity contribution < 1.29 is 14.6 Å². The summed E-state index contributed by atoms with van der Waals surface area (Å²) in [6.45, 7) is 4.35. The molecule has 0 aromatic carbocycles. The van der Waals surface area contributed by atoms with Crippen LogP contribution >= 0.6 is 0 Å². The number of hydrogen-bond donors (Lipinski definition) is 2. The van der Waals surface area contributed by atoms with Gasteiger partial charge in [0, 0.05) is 6.61 Å². The lowest BCUT2D eigenvalue weighted by atomic mass is 9.80. The highest BCUT2D eigenvalue weighted by Gasteiger charge is 2.28. The summed E-state index contributed by atoms with van der Waals surface area (Å²) in [6.07, 6.45) is 3.26. The van der Waals surface area contributed by atoms with Crippen molar-refractivity contribution in [3.8, 4) is 0 Å². The molecule has 0 amide bonds. The van der Waals surface area contributed by atoms with Crippen LogP contribution in [0.25, 0.3) is 0 Å². The highest BCUT2D eigenvalue weighted by atomic mass is 16.5. The molecule has 3 N–H and O–H groups in total. The predicted octanol–water partition coefficient (Wildman–Crippen LogP) is 1.06. The van der Waals surface area contributed by atoms with Gasteiger partial charge in [0.1, 0.15) is 12.1 Å². The third-order valence-corrected chi connectivity index (χ3v) is 3.58. The first kappa shape index (κ1) is 13.5. The normalized spacial score (nSPS) is 32.1. The zero-order chi connectivity index (χ0) is 12.1. The van der Waals surface area contributed by atoms with Gasteiger partial charge in [-0.3, -0.25) is 4.79 Å². The number of esters is 1. The van der Waals surface area contributed by atoms with Crippen molar-refractivity contribution in [2.24, 2.45) is 17.6 Å². The molecule has 0 bridgehead atoms. The van der Waals surface area contributed by atoms with E-state index in [0.717, 1.165) is 19.3 Å². The van der Waals surface area contributed by atoms with Gasteiger partial charge in [0.15, 0.2) is 0 Å². The first-order valence-corrected chi connectivity index (χ1v) is 6.11. The maximum atomic E-state index is 11.5. The Hall–Kier alpha value is -0.610. The maximum Gasteiger partial charge on any atom is 0.323 e. The van der Waals surface area contributed by atoms with Gasteiger partial charge >= 0.3 is 5.97 Å². The van der Waals surface area contributed by atoms with Gasteiger partial charge < -0.3 is 15.6 Å². The molecule has 0 spiro atoms. The van der Waals surface area contributed by atoms with Crippen molar-refractivity contribution in [1.29, 1.82) is 0 Å². The third-order valence-electron chi connectivity index (χ3n) is 3.58. The molecule has 94 valence electrons. The summed E-state index contributed by atoms with van der Waals surface area (Å²) in [5, 5.41) is 8.68. The molecule has 4 unspecified atom stereocenters. The largest absolute Gasteiger partial charge is 0.461 e. The Bertz CT molecular complexity index is 232. The van der Waals surface area contributed by atoms with Crippen LogP contribution in [0.3, 0.4) is 0 Å². The molecule has 4 nitrogen and oxygen atoms in total. The second-order valence-corrected chi connectivity index (χ2v) is 4.95. The molecule has 0 aromatic heterocycles. The van der Waals surface area contributed by atoms with Crippen LogP contribution < -0.4 is 5.73 Å². The molecule has 1 fully saturated rings. The lowest BCUT2D eigenvalue weighted by Gasteiger charge is -2.32. The molecule has 0 saturated heterocycles. The third kappa shape index (κ3) is 3.76. The summed E-state index contributed by atoms with van der Waals surface area (Å²) in [4.78, 5) is 11.5. The van der Waals surface area contributed by atoms with E-state index in [4.69, 9.17) is 15.6 Å². The fraction of sp³-hybridized carbons (Fsp3) is 0.917. The molecule has 1 rings (SSSR count). The summed E-state index contributed by atoms with van der Waals surface area (Å²) in [5.41, 5.74) is 5.57. The van der Waals surface area contributed by atoms with Gasteiger partial charge in [-0.2, -0.15) is 0 Å². The Kier molecular flexibility index (Phi) is 5.22. The van der Waals surface area contributed by atoms with Crippen LogP contribution in [0.4, 0.5) is 0 Å². The van der Waals surface area contributed by atoms with Crippen LogP contribution in [0, 0.1) is 11.8 Å². The molecule has 0 aliphatic heterocycles. The summed E-state index contributed by atoms with van der Waals surface area (Å²) in [6, 6.07) is -0.681. The maximum absolute atomic E-state index is 11.5. The SMILES string of the molecule is CC1CCC(OC(=O)C(N)CCO)CC1C. The molecule has 0 radical (unpaired) electrons. The number of rotatable bonds is 4. The van der Waals surface area contributed by atoms with E-state index >= 15 is 0 Å². The smallest absolute Gasteiger partial charge is 0.323 e. The van der Waals surface area contributed by atoms with Crippen molar-refractivity contribution >= 4 is 5.97 Å². The van der Waals surface area contributed by atoms with Gasteiger partial charge in [-0.15, -0.1) is 0 Å². The van der Waals surface area contributed by atoms with Gasteiger partial charge in [0.05, 0.1) is 0 Å². The van der Waals surface area contributed by atoms with E-state index in [1.807, 2.05) is 0 Å². The number of aliphatic hydroxyl groups excluding tert-OH is 1. The number of carbonyl (C=O) groups is 1. The van der Waals surface area contributed by atoms with Crippen molar-refractivity contribution in [1.82, 2.24) is 0 Å². The highest BCUT2D eigenvalue weighted by Crippen LogP contribution is 2.31. The molecule has 4 heteroatoms. The summed E-state index contributed by atoms with van der Waals surface area (Å²) < 4.78 is 5.35. The predicted molar refractivity (Wildman–Crippen MR) is 61.7 cm³/mol. The molecule has 0 aromatic rings. The van der Waals surface area contributed by atoms with Crippen LogP contribution in [0.15, 0.2) is 0 Å². The molecule has 1 aliphatic carbocycles. The van der Waals surface area contributed by atoms with Crippen LogP contribution in [0.2, 0.25) is 0 Å². The Morgan fingerprint density at radius 2 is 2.12 bits per heavy atom. The Balaban J connectivity index is 2.34. The summed E-state index contributed by atoms with van der Waals surface area (Å²) in [7, 11) is 0. The number of aliphatic hydroxyl groups is 1. The van der Waals surface area contributed by atoms with Crippen LogP contribution in [0.1, 0.15) is 39.5 Å². The highest BCUT2D eigenvalue weighted by molar-refractivity contribution is 5.75. The van der Waals surface area contributed by atoms with Crippen LogP contribution in [0.5, 0.6) is 0 Å². The molecule has 4 atom stereocenters. The van der Waals surface area contributed by atoms with E-state index in [0.29, 0.717) is 11.8 Å². The van der Waals surface area contributed by atoms with E-state index in [1.165, 1.54) is 0 Å². The quantitative estimate of drug-likeness (QED) is 0.707. The molecule has 1 aliphatic rings. The minimum Gasteiger partial charge on any atom is -0.461 e. The molecule has 1 saturated carbocycles. The summed E-state index contributed by atoms with van der Waals surface area (Å²) >= 11 is 0. The van der Waals surface area contributed by atoms with Gasteiger partial charge in [0.25, 0.3) is 0 Å². The zero-order valence-corrected chi connectivity index (χ0v) is 10.2. The second-order valence-electron chi connectivity index (χ2n) is 4.95. The van der Waals surface area contributed by atoms with E-state index in [2.05, 4.69) is 13.8 Å². The first-order chi connectivity index (χ1) is 7.54. The Morgan fingerprint density at radius 1 is 1.44 bits per heavy atom. The minimum absolute atomic E-state index is 0.0171. The van der Waals surface area contributed by atoms with Gasteiger partial charge in [0.2, 0.25) is 0 Å². The Labute approximate surface area is 97.2 Å².